The number of nitrogens with zero attached hydrogens (tertiary/aromatic N) is 1. The zero-order chi connectivity index (χ0) is 17.8. The summed E-state index contributed by atoms with van der Waals surface area (Å²) in [4.78, 5) is 12.4. The fourth-order valence-corrected chi connectivity index (χ4v) is 2.66. The number of fused-ring (bicyclic) bond motifs is 1. The van der Waals surface area contributed by atoms with Crippen LogP contribution in [-0.2, 0) is 4.79 Å². The third-order valence-electron chi connectivity index (χ3n) is 3.80. The molecule has 0 bridgehead atoms. The lowest BCUT2D eigenvalue weighted by atomic mass is 10.1. The second-order valence-corrected chi connectivity index (χ2v) is 5.91. The van der Waals surface area contributed by atoms with Crippen LogP contribution in [0.1, 0.15) is 24.1 Å². The monoisotopic (exact) mass is 354 g/mol. The van der Waals surface area contributed by atoms with Gasteiger partial charge in [-0.25, -0.2) is 0 Å². The number of nitriles is 1. The molecule has 0 aliphatic carbocycles. The van der Waals surface area contributed by atoms with Gasteiger partial charge >= 0.3 is 0 Å². The van der Waals surface area contributed by atoms with E-state index in [0.717, 1.165) is 5.56 Å². The van der Waals surface area contributed by atoms with Crippen LogP contribution < -0.4 is 14.8 Å². The molecule has 0 unspecified atom stereocenters. The van der Waals surface area contributed by atoms with Crippen LogP contribution in [0.5, 0.6) is 11.5 Å². The highest BCUT2D eigenvalue weighted by molar-refractivity contribution is 6.32. The first kappa shape index (κ1) is 16.9. The number of ether oxygens (including phenoxy) is 2. The van der Waals surface area contributed by atoms with Crippen LogP contribution in [0.15, 0.2) is 48.0 Å². The Bertz CT molecular complexity index is 872. The Labute approximate surface area is 150 Å². The lowest BCUT2D eigenvalue weighted by Crippen LogP contribution is -2.27. The predicted octanol–water partition coefficient (Wildman–Crippen LogP) is 3.85. The normalized spacial score (nSPS) is 13.9. The molecule has 6 heteroatoms. The van der Waals surface area contributed by atoms with Crippen molar-refractivity contribution in [1.29, 1.82) is 5.26 Å². The zero-order valence-corrected chi connectivity index (χ0v) is 14.2. The summed E-state index contributed by atoms with van der Waals surface area (Å²) in [5.74, 6) is 0.612. The van der Waals surface area contributed by atoms with E-state index >= 15 is 0 Å². The van der Waals surface area contributed by atoms with Crippen molar-refractivity contribution in [2.45, 2.75) is 13.0 Å². The minimum atomic E-state index is -0.465. The van der Waals surface area contributed by atoms with Crippen LogP contribution in [0, 0.1) is 11.3 Å². The van der Waals surface area contributed by atoms with E-state index in [1.165, 1.54) is 6.08 Å². The van der Waals surface area contributed by atoms with Gasteiger partial charge in [0, 0.05) is 6.07 Å². The summed E-state index contributed by atoms with van der Waals surface area (Å²) < 4.78 is 10.5. The summed E-state index contributed by atoms with van der Waals surface area (Å²) in [6.07, 6.45) is 1.44. The third-order valence-corrected chi connectivity index (χ3v) is 4.13. The minimum Gasteiger partial charge on any atom is -0.454 e. The Hall–Kier alpha value is -2.97. The number of carbonyl (C=O) groups is 1. The van der Waals surface area contributed by atoms with Crippen molar-refractivity contribution in [3.63, 3.8) is 0 Å². The molecule has 1 aliphatic rings. The average molecular weight is 355 g/mol. The standard InChI is InChI=1S/C19H15ClN2O3/c1-12(13-5-3-2-4-6-13)22-19(23)15(10-21)7-14-8-17-18(9-16(14)20)25-11-24-17/h2-9,12H,11H2,1H3,(H,22,23)/b15-7+/t12-/m0/s1. The molecule has 0 radical (unpaired) electrons. The molecule has 2 aromatic carbocycles. The number of rotatable bonds is 4. The van der Waals surface area contributed by atoms with E-state index in [1.54, 1.807) is 12.1 Å². The molecule has 1 aliphatic heterocycles. The fraction of sp³-hybridized carbons (Fsp3) is 0.158. The molecule has 0 saturated carbocycles. The fourth-order valence-electron chi connectivity index (χ4n) is 2.45. The molecule has 1 N–H and O–H groups in total. The summed E-state index contributed by atoms with van der Waals surface area (Å²) in [7, 11) is 0. The number of hydrogen-bond donors (Lipinski definition) is 1. The van der Waals surface area contributed by atoms with Gasteiger partial charge in [-0.05, 0) is 30.2 Å². The van der Waals surface area contributed by atoms with Crippen molar-refractivity contribution in [2.75, 3.05) is 6.79 Å². The summed E-state index contributed by atoms with van der Waals surface area (Å²) >= 11 is 6.19. The van der Waals surface area contributed by atoms with E-state index in [-0.39, 0.29) is 18.4 Å². The molecule has 1 amide bonds. The van der Waals surface area contributed by atoms with Crippen molar-refractivity contribution in [3.05, 3.63) is 64.2 Å². The van der Waals surface area contributed by atoms with E-state index in [0.29, 0.717) is 22.1 Å². The van der Waals surface area contributed by atoms with Crippen molar-refractivity contribution < 1.29 is 14.3 Å². The molecule has 2 aromatic rings. The highest BCUT2D eigenvalue weighted by Crippen LogP contribution is 2.37. The highest BCUT2D eigenvalue weighted by atomic mass is 35.5. The number of carbonyl (C=O) groups excluding carboxylic acids is 1. The number of halogens is 1. The lowest BCUT2D eigenvalue weighted by molar-refractivity contribution is -0.117. The first-order chi connectivity index (χ1) is 12.1. The van der Waals surface area contributed by atoms with E-state index < -0.39 is 5.91 Å². The summed E-state index contributed by atoms with van der Waals surface area (Å²) in [6.45, 7) is 1.98. The molecule has 5 nitrogen and oxygen atoms in total. The Morgan fingerprint density at radius 1 is 1.28 bits per heavy atom. The number of nitrogens with one attached hydrogen (secondary N) is 1. The first-order valence-electron chi connectivity index (χ1n) is 7.65. The molecule has 1 atom stereocenters. The van der Waals surface area contributed by atoms with Crippen molar-refractivity contribution >= 4 is 23.6 Å². The van der Waals surface area contributed by atoms with Gasteiger partial charge in [0.2, 0.25) is 6.79 Å². The smallest absolute Gasteiger partial charge is 0.262 e. The van der Waals surface area contributed by atoms with Gasteiger partial charge in [-0.3, -0.25) is 4.79 Å². The second kappa shape index (κ2) is 7.29. The zero-order valence-electron chi connectivity index (χ0n) is 13.5. The molecule has 0 saturated heterocycles. The largest absolute Gasteiger partial charge is 0.454 e. The van der Waals surface area contributed by atoms with Crippen LogP contribution in [-0.4, -0.2) is 12.7 Å². The molecule has 0 aromatic heterocycles. The van der Waals surface area contributed by atoms with Crippen LogP contribution in [0.25, 0.3) is 6.08 Å². The summed E-state index contributed by atoms with van der Waals surface area (Å²) in [5, 5.41) is 12.5. The molecule has 3 rings (SSSR count). The van der Waals surface area contributed by atoms with Crippen LogP contribution in [0.2, 0.25) is 5.02 Å². The average Bonchev–Trinajstić information content (AvgIpc) is 3.07. The van der Waals surface area contributed by atoms with Crippen molar-refractivity contribution in [1.82, 2.24) is 5.32 Å². The predicted molar refractivity (Wildman–Crippen MR) is 94.2 cm³/mol. The van der Waals surface area contributed by atoms with Crippen molar-refractivity contribution in [3.8, 4) is 17.6 Å². The van der Waals surface area contributed by atoms with Gasteiger partial charge in [-0.1, -0.05) is 41.9 Å². The Morgan fingerprint density at radius 3 is 2.64 bits per heavy atom. The van der Waals surface area contributed by atoms with Crippen LogP contribution in [0.4, 0.5) is 0 Å². The molecule has 0 fully saturated rings. The molecular formula is C19H15ClN2O3. The topological polar surface area (TPSA) is 71.4 Å². The third kappa shape index (κ3) is 3.76. The van der Waals surface area contributed by atoms with Gasteiger partial charge in [-0.2, -0.15) is 5.26 Å². The second-order valence-electron chi connectivity index (χ2n) is 5.50. The van der Waals surface area contributed by atoms with Crippen LogP contribution >= 0.6 is 11.6 Å². The molecular weight excluding hydrogens is 340 g/mol. The Balaban J connectivity index is 1.81. The maximum absolute atomic E-state index is 12.4. The summed E-state index contributed by atoms with van der Waals surface area (Å²) in [6, 6.07) is 14.5. The number of hydrogen-bond acceptors (Lipinski definition) is 4. The number of benzene rings is 2. The van der Waals surface area contributed by atoms with E-state index in [2.05, 4.69) is 5.32 Å². The molecule has 126 valence electrons. The maximum Gasteiger partial charge on any atom is 0.262 e. The Kier molecular flexibility index (Phi) is 4.92. The molecule has 25 heavy (non-hydrogen) atoms. The van der Waals surface area contributed by atoms with Gasteiger partial charge in [-0.15, -0.1) is 0 Å². The van der Waals surface area contributed by atoms with Gasteiger partial charge in [0.05, 0.1) is 11.1 Å². The quantitative estimate of drug-likeness (QED) is 0.668. The van der Waals surface area contributed by atoms with Gasteiger partial charge in [0.1, 0.15) is 11.6 Å². The van der Waals surface area contributed by atoms with Gasteiger partial charge < -0.3 is 14.8 Å². The minimum absolute atomic E-state index is 0.0384. The SMILES string of the molecule is C[C@H](NC(=O)/C(C#N)=C/c1cc2c(cc1Cl)OCO2)c1ccccc1. The van der Waals surface area contributed by atoms with E-state index in [4.69, 9.17) is 21.1 Å². The number of amides is 1. The van der Waals surface area contributed by atoms with E-state index in [9.17, 15) is 10.1 Å². The first-order valence-corrected chi connectivity index (χ1v) is 8.03. The Morgan fingerprint density at radius 2 is 1.96 bits per heavy atom. The van der Waals surface area contributed by atoms with Crippen LogP contribution in [0.3, 0.4) is 0 Å². The maximum atomic E-state index is 12.4. The highest BCUT2D eigenvalue weighted by Gasteiger charge is 2.18. The summed E-state index contributed by atoms with van der Waals surface area (Å²) in [5.41, 5.74) is 1.43. The van der Waals surface area contributed by atoms with Crippen molar-refractivity contribution in [2.24, 2.45) is 0 Å². The van der Waals surface area contributed by atoms with Gasteiger partial charge in [0.15, 0.2) is 11.5 Å². The molecule has 0 spiro atoms. The van der Waals surface area contributed by atoms with E-state index in [1.807, 2.05) is 43.3 Å². The molecule has 1 heterocycles. The van der Waals surface area contributed by atoms with Gasteiger partial charge in [0.25, 0.3) is 5.91 Å². The lowest BCUT2D eigenvalue weighted by Gasteiger charge is -2.13.